The van der Waals surface area contributed by atoms with Crippen LogP contribution < -0.4 is 0 Å². The molecule has 2 fully saturated rings. The fourth-order valence-corrected chi connectivity index (χ4v) is 5.14. The van der Waals surface area contributed by atoms with Gasteiger partial charge in [0.25, 0.3) is 0 Å². The van der Waals surface area contributed by atoms with Crippen LogP contribution in [0.1, 0.15) is 52.9 Å². The molecule has 3 N–H and O–H groups in total. The third-order valence-electron chi connectivity index (χ3n) is 7.07. The predicted molar refractivity (Wildman–Crippen MR) is 109 cm³/mol. The van der Waals surface area contributed by atoms with E-state index in [-0.39, 0.29) is 18.5 Å². The Morgan fingerprint density at radius 1 is 1.43 bits per heavy atom. The van der Waals surface area contributed by atoms with Crippen LogP contribution in [-0.4, -0.2) is 57.8 Å². The summed E-state index contributed by atoms with van der Waals surface area (Å²) in [5.41, 5.74) is -1.47. The second-order valence-corrected chi connectivity index (χ2v) is 9.07. The SMILES string of the molecule is CC1=CC[C@@]23CC[C@@H]([C@@](C)(/C=C/C=C(\C)C(=O)OCC(O)CO)OC2=O)[C@@]3(O)CC1. The lowest BCUT2D eigenvalue weighted by Gasteiger charge is -2.52. The molecule has 0 radical (unpaired) electrons. The molecule has 1 heterocycles. The summed E-state index contributed by atoms with van der Waals surface area (Å²) in [4.78, 5) is 25.1. The van der Waals surface area contributed by atoms with Crippen molar-refractivity contribution in [2.45, 2.75) is 70.2 Å². The van der Waals surface area contributed by atoms with Crippen LogP contribution in [-0.2, 0) is 19.1 Å². The molecule has 0 aromatic heterocycles. The number of cyclic esters (lactones) is 1. The maximum Gasteiger partial charge on any atom is 0.333 e. The monoisotopic (exact) mass is 420 g/mol. The Morgan fingerprint density at radius 2 is 2.17 bits per heavy atom. The smallest absolute Gasteiger partial charge is 0.333 e. The van der Waals surface area contributed by atoms with Gasteiger partial charge in [-0.1, -0.05) is 23.8 Å². The molecule has 0 aromatic rings. The van der Waals surface area contributed by atoms with Crippen LogP contribution in [0.25, 0.3) is 0 Å². The van der Waals surface area contributed by atoms with Crippen molar-refractivity contribution in [3.63, 3.8) is 0 Å². The van der Waals surface area contributed by atoms with E-state index in [1.54, 1.807) is 25.2 Å². The van der Waals surface area contributed by atoms with Crippen molar-refractivity contribution in [1.29, 1.82) is 0 Å². The molecular formula is C23H32O7. The summed E-state index contributed by atoms with van der Waals surface area (Å²) in [6, 6.07) is 0. The van der Waals surface area contributed by atoms with Crippen LogP contribution in [0.5, 0.6) is 0 Å². The van der Waals surface area contributed by atoms with Gasteiger partial charge in [0.05, 0.1) is 12.2 Å². The van der Waals surface area contributed by atoms with E-state index in [0.717, 1.165) is 6.42 Å². The van der Waals surface area contributed by atoms with Gasteiger partial charge in [-0.05, 0) is 59.0 Å². The van der Waals surface area contributed by atoms with E-state index in [4.69, 9.17) is 14.6 Å². The van der Waals surface area contributed by atoms with E-state index >= 15 is 0 Å². The summed E-state index contributed by atoms with van der Waals surface area (Å²) < 4.78 is 10.8. The first-order valence-electron chi connectivity index (χ1n) is 10.5. The van der Waals surface area contributed by atoms with E-state index in [9.17, 15) is 19.8 Å². The van der Waals surface area contributed by atoms with E-state index in [2.05, 4.69) is 6.08 Å². The Labute approximate surface area is 177 Å². The minimum Gasteiger partial charge on any atom is -0.459 e. The van der Waals surface area contributed by atoms with Gasteiger partial charge in [-0.25, -0.2) is 4.79 Å². The molecule has 2 bridgehead atoms. The summed E-state index contributed by atoms with van der Waals surface area (Å²) >= 11 is 0. The summed E-state index contributed by atoms with van der Waals surface area (Å²) in [6.07, 6.45) is 8.97. The van der Waals surface area contributed by atoms with Crippen LogP contribution in [0.4, 0.5) is 0 Å². The lowest BCUT2D eigenvalue weighted by atomic mass is 9.62. The molecule has 30 heavy (non-hydrogen) atoms. The third-order valence-corrected chi connectivity index (χ3v) is 7.07. The molecule has 1 saturated carbocycles. The molecule has 7 heteroatoms. The average Bonchev–Trinajstić information content (AvgIpc) is 2.87. The van der Waals surface area contributed by atoms with E-state index < -0.39 is 35.3 Å². The van der Waals surface area contributed by atoms with E-state index in [0.29, 0.717) is 31.3 Å². The zero-order valence-electron chi connectivity index (χ0n) is 17.9. The van der Waals surface area contributed by atoms with Gasteiger partial charge in [0.15, 0.2) is 0 Å². The highest BCUT2D eigenvalue weighted by molar-refractivity contribution is 5.88. The van der Waals surface area contributed by atoms with Crippen LogP contribution in [0.3, 0.4) is 0 Å². The van der Waals surface area contributed by atoms with Gasteiger partial charge in [0, 0.05) is 11.5 Å². The predicted octanol–water partition coefficient (Wildman–Crippen LogP) is 1.96. The maximum atomic E-state index is 13.1. The number of aliphatic hydroxyl groups excluding tert-OH is 2. The Bertz CT molecular complexity index is 797. The maximum absolute atomic E-state index is 13.1. The lowest BCUT2D eigenvalue weighted by Crippen LogP contribution is -2.63. The fourth-order valence-electron chi connectivity index (χ4n) is 5.14. The van der Waals surface area contributed by atoms with Gasteiger partial charge in [-0.3, -0.25) is 4.79 Å². The molecule has 1 saturated heterocycles. The number of ether oxygens (including phenoxy) is 2. The Kier molecular flexibility index (Phi) is 6.28. The minimum atomic E-state index is -1.12. The Balaban J connectivity index is 1.77. The zero-order chi connectivity index (χ0) is 22.2. The van der Waals surface area contributed by atoms with Crippen molar-refractivity contribution < 1.29 is 34.4 Å². The van der Waals surface area contributed by atoms with Gasteiger partial charge in [-0.2, -0.15) is 0 Å². The molecule has 166 valence electrons. The van der Waals surface area contributed by atoms with Crippen molar-refractivity contribution in [1.82, 2.24) is 0 Å². The van der Waals surface area contributed by atoms with Crippen LogP contribution in [0.15, 0.2) is 35.5 Å². The highest BCUT2D eigenvalue weighted by Crippen LogP contribution is 2.63. The van der Waals surface area contributed by atoms with Crippen LogP contribution in [0, 0.1) is 11.3 Å². The summed E-state index contributed by atoms with van der Waals surface area (Å²) in [7, 11) is 0. The fraction of sp³-hybridized carbons (Fsp3) is 0.652. The van der Waals surface area contributed by atoms with Gasteiger partial charge in [0.2, 0.25) is 0 Å². The molecule has 1 aliphatic heterocycles. The molecule has 7 nitrogen and oxygen atoms in total. The molecule has 5 atom stereocenters. The first-order valence-corrected chi connectivity index (χ1v) is 10.5. The van der Waals surface area contributed by atoms with Crippen LogP contribution in [0.2, 0.25) is 0 Å². The second-order valence-electron chi connectivity index (χ2n) is 9.07. The van der Waals surface area contributed by atoms with Gasteiger partial charge >= 0.3 is 11.9 Å². The van der Waals surface area contributed by atoms with E-state index in [1.807, 2.05) is 13.8 Å². The highest BCUT2D eigenvalue weighted by Gasteiger charge is 2.71. The van der Waals surface area contributed by atoms with Gasteiger partial charge < -0.3 is 24.8 Å². The molecule has 1 unspecified atom stereocenters. The minimum absolute atomic E-state index is 0.224. The average molecular weight is 421 g/mol. The molecule has 3 rings (SSSR count). The molecular weight excluding hydrogens is 388 g/mol. The number of rotatable bonds is 6. The first-order chi connectivity index (χ1) is 14.1. The number of allylic oxidation sites excluding steroid dienone is 4. The van der Waals surface area contributed by atoms with Gasteiger partial charge in [-0.15, -0.1) is 0 Å². The number of esters is 2. The summed E-state index contributed by atoms with van der Waals surface area (Å²) in [5, 5.41) is 29.8. The largest absolute Gasteiger partial charge is 0.459 e. The van der Waals surface area contributed by atoms with Crippen molar-refractivity contribution in [3.8, 4) is 0 Å². The third kappa shape index (κ3) is 3.74. The van der Waals surface area contributed by atoms with E-state index in [1.165, 1.54) is 5.57 Å². The van der Waals surface area contributed by atoms with Crippen molar-refractivity contribution in [2.75, 3.05) is 13.2 Å². The molecule has 0 aromatic carbocycles. The lowest BCUT2D eigenvalue weighted by molar-refractivity contribution is -0.224. The van der Waals surface area contributed by atoms with Crippen molar-refractivity contribution >= 4 is 11.9 Å². The number of aliphatic hydroxyl groups is 3. The summed E-state index contributed by atoms with van der Waals surface area (Å²) in [6.45, 7) is 4.64. The molecule has 3 aliphatic rings. The molecule has 2 aliphatic carbocycles. The van der Waals surface area contributed by atoms with Crippen LogP contribution >= 0.6 is 0 Å². The number of hydrogen-bond acceptors (Lipinski definition) is 7. The molecule has 0 spiro atoms. The Morgan fingerprint density at radius 3 is 2.87 bits per heavy atom. The van der Waals surface area contributed by atoms with Crippen molar-refractivity contribution in [2.24, 2.45) is 11.3 Å². The standard InChI is InChI=1S/C23H32O7/c1-15-6-10-22-11-8-18(23(22,28)12-7-15)21(3,30-20(22)27)9-4-5-16(2)19(26)29-14-17(25)13-24/h4-6,9,17-18,24-25,28H,7-8,10-14H2,1-3H3/b9-4+,16-5+/t17?,18-,21+,22+,23-/m0/s1. The number of hydrogen-bond donors (Lipinski definition) is 3. The topological polar surface area (TPSA) is 113 Å². The molecule has 0 amide bonds. The summed E-state index contributed by atoms with van der Waals surface area (Å²) in [5.74, 6) is -1.18. The Hall–Kier alpha value is -1.96. The van der Waals surface area contributed by atoms with Crippen molar-refractivity contribution in [3.05, 3.63) is 35.5 Å². The second kappa shape index (κ2) is 8.29. The number of carbonyl (C=O) groups is 2. The zero-order valence-corrected chi connectivity index (χ0v) is 17.9. The normalized spacial score (nSPS) is 37.3. The highest BCUT2D eigenvalue weighted by atomic mass is 16.6. The van der Waals surface area contributed by atoms with Gasteiger partial charge in [0.1, 0.15) is 23.7 Å². The first kappa shape index (κ1) is 22.7. The quantitative estimate of drug-likeness (QED) is 0.260. The number of carbonyl (C=O) groups excluding carboxylic acids is 2.